The molecule has 0 bridgehead atoms. The Morgan fingerprint density at radius 1 is 0.833 bits per heavy atom. The Labute approximate surface area is 101 Å². The van der Waals surface area contributed by atoms with Gasteiger partial charge in [0.1, 0.15) is 0 Å². The van der Waals surface area contributed by atoms with Gasteiger partial charge in [0.05, 0.1) is 6.20 Å². The molecule has 0 aromatic carbocycles. The molecule has 0 fully saturated rings. The minimum Gasteiger partial charge on any atom is -0.282 e. The van der Waals surface area contributed by atoms with Crippen molar-refractivity contribution in [3.63, 3.8) is 0 Å². The van der Waals surface area contributed by atoms with Gasteiger partial charge in [-0.05, 0) is 0 Å². The molecule has 0 amide bonds. The molecule has 1 heterocycles. The zero-order valence-electron chi connectivity index (χ0n) is 7.99. The van der Waals surface area contributed by atoms with Crippen molar-refractivity contribution in [2.24, 2.45) is 0 Å². The van der Waals surface area contributed by atoms with Gasteiger partial charge in [0.25, 0.3) is 15.3 Å². The SMILES string of the molecule is O=S(=O)(O)c1ncc(S(=O)(=O)O)c(S(=O)(=O)O)n1. The summed E-state index contributed by atoms with van der Waals surface area (Å²) >= 11 is 0. The van der Waals surface area contributed by atoms with E-state index in [1.165, 1.54) is 0 Å². The average molecular weight is 320 g/mol. The van der Waals surface area contributed by atoms with Gasteiger partial charge in [-0.2, -0.15) is 25.3 Å². The smallest absolute Gasteiger partial charge is 0.282 e. The zero-order chi connectivity index (χ0) is 14.4. The maximum Gasteiger partial charge on any atom is 0.330 e. The summed E-state index contributed by atoms with van der Waals surface area (Å²) in [6.07, 6.45) is 0.106. The van der Waals surface area contributed by atoms with Crippen LogP contribution in [-0.4, -0.2) is 48.9 Å². The fourth-order valence-corrected chi connectivity index (χ4v) is 2.87. The van der Waals surface area contributed by atoms with Crippen LogP contribution in [0.15, 0.2) is 21.3 Å². The number of aromatic nitrogens is 2. The van der Waals surface area contributed by atoms with Crippen molar-refractivity contribution in [3.8, 4) is 0 Å². The van der Waals surface area contributed by atoms with Crippen LogP contribution in [0.2, 0.25) is 0 Å². The molecule has 0 aliphatic heterocycles. The summed E-state index contributed by atoms with van der Waals surface area (Å²) in [4.78, 5) is 4.05. The summed E-state index contributed by atoms with van der Waals surface area (Å²) in [5, 5.41) is -3.13. The summed E-state index contributed by atoms with van der Waals surface area (Å²) < 4.78 is 90.1. The molecule has 0 saturated carbocycles. The first-order chi connectivity index (χ1) is 7.83. The number of hydrogen-bond donors (Lipinski definition) is 3. The first-order valence-electron chi connectivity index (χ1n) is 3.63. The maximum absolute atomic E-state index is 10.8. The van der Waals surface area contributed by atoms with Crippen molar-refractivity contribution in [1.29, 1.82) is 0 Å². The maximum atomic E-state index is 10.8. The summed E-state index contributed by atoms with van der Waals surface area (Å²) in [5.74, 6) is 0. The zero-order valence-corrected chi connectivity index (χ0v) is 10.4. The van der Waals surface area contributed by atoms with E-state index in [1.807, 2.05) is 0 Å². The van der Waals surface area contributed by atoms with Crippen molar-refractivity contribution in [3.05, 3.63) is 6.20 Å². The molecule has 1 aromatic rings. The molecule has 0 spiro atoms. The Bertz CT molecular complexity index is 790. The highest BCUT2D eigenvalue weighted by Gasteiger charge is 2.29. The summed E-state index contributed by atoms with van der Waals surface area (Å²) in [5.41, 5.74) is 0. The largest absolute Gasteiger partial charge is 0.330 e. The van der Waals surface area contributed by atoms with Crippen LogP contribution in [0.25, 0.3) is 0 Å². The van der Waals surface area contributed by atoms with Gasteiger partial charge in [0.2, 0.25) is 5.03 Å². The minimum absolute atomic E-state index is 0.106. The van der Waals surface area contributed by atoms with Crippen molar-refractivity contribution < 1.29 is 38.9 Å². The highest BCUT2D eigenvalue weighted by atomic mass is 32.2. The molecule has 0 atom stereocenters. The van der Waals surface area contributed by atoms with E-state index < -0.39 is 45.4 Å². The van der Waals surface area contributed by atoms with E-state index in [9.17, 15) is 25.3 Å². The second-order valence-electron chi connectivity index (χ2n) is 2.75. The normalized spacial score (nSPS) is 13.5. The first-order valence-corrected chi connectivity index (χ1v) is 7.95. The van der Waals surface area contributed by atoms with Gasteiger partial charge >= 0.3 is 20.2 Å². The van der Waals surface area contributed by atoms with E-state index in [4.69, 9.17) is 13.7 Å². The lowest BCUT2D eigenvalue weighted by Crippen LogP contribution is -2.15. The molecule has 3 N–H and O–H groups in total. The van der Waals surface area contributed by atoms with E-state index in [1.54, 1.807) is 0 Å². The molecule has 0 saturated heterocycles. The minimum atomic E-state index is -5.27. The van der Waals surface area contributed by atoms with Gasteiger partial charge in [-0.25, -0.2) is 9.97 Å². The topological polar surface area (TPSA) is 189 Å². The van der Waals surface area contributed by atoms with Gasteiger partial charge in [-0.3, -0.25) is 13.7 Å². The Morgan fingerprint density at radius 3 is 1.67 bits per heavy atom. The first kappa shape index (κ1) is 14.9. The van der Waals surface area contributed by atoms with Crippen LogP contribution >= 0.6 is 0 Å². The van der Waals surface area contributed by atoms with Crippen LogP contribution in [-0.2, 0) is 30.4 Å². The van der Waals surface area contributed by atoms with Crippen molar-refractivity contribution >= 4 is 30.4 Å². The second kappa shape index (κ2) is 4.18. The highest BCUT2D eigenvalue weighted by molar-refractivity contribution is 7.89. The van der Waals surface area contributed by atoms with E-state index in [2.05, 4.69) is 9.97 Å². The van der Waals surface area contributed by atoms with Gasteiger partial charge < -0.3 is 0 Å². The lowest BCUT2D eigenvalue weighted by molar-refractivity contribution is 0.451. The van der Waals surface area contributed by atoms with Gasteiger partial charge in [0, 0.05) is 0 Å². The molecule has 0 radical (unpaired) electrons. The Morgan fingerprint density at radius 2 is 1.33 bits per heavy atom. The number of hydrogen-bond acceptors (Lipinski definition) is 8. The van der Waals surface area contributed by atoms with Crippen LogP contribution in [0, 0.1) is 0 Å². The second-order valence-corrected chi connectivity index (χ2v) is 6.79. The molecule has 14 heteroatoms. The quantitative estimate of drug-likeness (QED) is 0.324. The predicted octanol–water partition coefficient (Wildman–Crippen LogP) is -1.78. The van der Waals surface area contributed by atoms with Crippen LogP contribution in [0.4, 0.5) is 0 Å². The van der Waals surface area contributed by atoms with E-state index >= 15 is 0 Å². The lowest BCUT2D eigenvalue weighted by Gasteiger charge is -2.03. The number of nitrogens with zero attached hydrogens (tertiary/aromatic N) is 2. The molecule has 11 nitrogen and oxygen atoms in total. The molecule has 0 aliphatic rings. The molecule has 0 aliphatic carbocycles. The summed E-state index contributed by atoms with van der Waals surface area (Å²) in [6.45, 7) is 0. The van der Waals surface area contributed by atoms with Crippen molar-refractivity contribution in [2.75, 3.05) is 0 Å². The Hall–Kier alpha value is -1.19. The average Bonchev–Trinajstić information content (AvgIpc) is 2.12. The fourth-order valence-electron chi connectivity index (χ4n) is 0.826. The third kappa shape index (κ3) is 3.18. The third-order valence-corrected chi connectivity index (χ3v) is 3.89. The van der Waals surface area contributed by atoms with Gasteiger partial charge in [0.15, 0.2) is 4.90 Å². The van der Waals surface area contributed by atoms with Crippen LogP contribution < -0.4 is 0 Å². The Kier molecular flexibility index (Phi) is 3.45. The van der Waals surface area contributed by atoms with Crippen LogP contribution in [0.3, 0.4) is 0 Å². The Balaban J connectivity index is 3.83. The lowest BCUT2D eigenvalue weighted by atomic mass is 10.7. The highest BCUT2D eigenvalue weighted by Crippen LogP contribution is 2.18. The van der Waals surface area contributed by atoms with Gasteiger partial charge in [-0.15, -0.1) is 0 Å². The predicted molar refractivity (Wildman–Crippen MR) is 51.5 cm³/mol. The number of rotatable bonds is 3. The molecule has 18 heavy (non-hydrogen) atoms. The van der Waals surface area contributed by atoms with Crippen molar-refractivity contribution in [1.82, 2.24) is 9.97 Å². The standard InChI is InChI=1S/C4H4N2O9S3/c7-16(8,9)2-1-5-4(18(13,14)15)6-3(2)17(10,11)12/h1H,(H,7,8,9)(H,10,11,12)(H,13,14,15). The monoisotopic (exact) mass is 320 g/mol. The van der Waals surface area contributed by atoms with E-state index in [0.29, 0.717) is 0 Å². The summed E-state index contributed by atoms with van der Waals surface area (Å²) in [7, 11) is -15.4. The van der Waals surface area contributed by atoms with Crippen molar-refractivity contribution in [2.45, 2.75) is 15.1 Å². The van der Waals surface area contributed by atoms with Gasteiger partial charge in [-0.1, -0.05) is 0 Å². The fraction of sp³-hybridized carbons (Fsp3) is 0. The molecule has 0 unspecified atom stereocenters. The molecular formula is C4H4N2O9S3. The third-order valence-electron chi connectivity index (χ3n) is 1.45. The molecule has 102 valence electrons. The van der Waals surface area contributed by atoms with Crippen LogP contribution in [0.1, 0.15) is 0 Å². The molecule has 1 rings (SSSR count). The summed E-state index contributed by atoms with van der Waals surface area (Å²) in [6, 6.07) is 0. The molecule has 1 aromatic heterocycles. The van der Waals surface area contributed by atoms with Crippen LogP contribution in [0.5, 0.6) is 0 Å². The van der Waals surface area contributed by atoms with E-state index in [0.717, 1.165) is 0 Å². The van der Waals surface area contributed by atoms with E-state index in [-0.39, 0.29) is 6.20 Å². The molecular weight excluding hydrogens is 316 g/mol.